The van der Waals surface area contributed by atoms with Crippen LogP contribution in [0.5, 0.6) is 0 Å². The number of H-pyrrole nitrogens is 1. The van der Waals surface area contributed by atoms with Crippen LogP contribution in [0.4, 0.5) is 0 Å². The molecular weight excluding hydrogens is 148 g/mol. The Bertz CT molecular complexity index is 466. The number of aromatic nitrogens is 2. The second-order valence-electron chi connectivity index (χ2n) is 3.06. The number of nitrogens with zero attached hydrogens (tertiary/aromatic N) is 1. The average molecular weight is 156 g/mol. The van der Waals surface area contributed by atoms with Gasteiger partial charge in [0.2, 0.25) is 0 Å². The molecule has 0 amide bonds. The molecule has 2 nitrogen and oxygen atoms in total. The van der Waals surface area contributed by atoms with E-state index in [4.69, 9.17) is 0 Å². The highest BCUT2D eigenvalue weighted by molar-refractivity contribution is 5.90. The van der Waals surface area contributed by atoms with Gasteiger partial charge < -0.3 is 0 Å². The third-order valence-electron chi connectivity index (χ3n) is 2.37. The van der Waals surface area contributed by atoms with Crippen LogP contribution in [0.3, 0.4) is 0 Å². The fourth-order valence-corrected chi connectivity index (χ4v) is 1.76. The highest BCUT2D eigenvalue weighted by Gasteiger charge is 2.09. The van der Waals surface area contributed by atoms with Gasteiger partial charge in [0.1, 0.15) is 0 Å². The van der Waals surface area contributed by atoms with Gasteiger partial charge >= 0.3 is 0 Å². The van der Waals surface area contributed by atoms with Crippen LogP contribution in [-0.2, 0) is 6.42 Å². The van der Waals surface area contributed by atoms with Crippen molar-refractivity contribution in [2.24, 2.45) is 0 Å². The SMILES string of the molecule is C1=Cc2c(ccc3n[nH]cc23)C1. The summed E-state index contributed by atoms with van der Waals surface area (Å²) < 4.78 is 0. The molecule has 1 heterocycles. The lowest BCUT2D eigenvalue weighted by atomic mass is 10.1. The molecule has 2 heteroatoms. The summed E-state index contributed by atoms with van der Waals surface area (Å²) in [6.45, 7) is 0. The quantitative estimate of drug-likeness (QED) is 0.622. The highest BCUT2D eigenvalue weighted by Crippen LogP contribution is 2.26. The topological polar surface area (TPSA) is 28.7 Å². The summed E-state index contributed by atoms with van der Waals surface area (Å²) in [6, 6.07) is 4.22. The van der Waals surface area contributed by atoms with Crippen molar-refractivity contribution in [3.8, 4) is 0 Å². The van der Waals surface area contributed by atoms with Crippen LogP contribution in [0.2, 0.25) is 0 Å². The maximum atomic E-state index is 4.14. The predicted octanol–water partition coefficient (Wildman–Crippen LogP) is 2.13. The molecule has 0 saturated heterocycles. The van der Waals surface area contributed by atoms with E-state index in [1.807, 2.05) is 6.20 Å². The molecule has 0 unspecified atom stereocenters. The van der Waals surface area contributed by atoms with Crippen molar-refractivity contribution in [1.29, 1.82) is 0 Å². The number of hydrogen-bond acceptors (Lipinski definition) is 1. The molecule has 1 aliphatic carbocycles. The molecular formula is C10H8N2. The summed E-state index contributed by atoms with van der Waals surface area (Å²) in [7, 11) is 0. The maximum absolute atomic E-state index is 4.14. The molecule has 58 valence electrons. The first kappa shape index (κ1) is 6.00. The maximum Gasteiger partial charge on any atom is 0.0927 e. The first-order chi connectivity index (χ1) is 5.95. The summed E-state index contributed by atoms with van der Waals surface area (Å²) in [4.78, 5) is 0. The van der Waals surface area contributed by atoms with Gasteiger partial charge in [-0.05, 0) is 23.6 Å². The second-order valence-corrected chi connectivity index (χ2v) is 3.06. The Kier molecular flexibility index (Phi) is 0.987. The second kappa shape index (κ2) is 1.97. The van der Waals surface area contributed by atoms with E-state index in [-0.39, 0.29) is 0 Å². The minimum absolute atomic E-state index is 1.06. The van der Waals surface area contributed by atoms with Gasteiger partial charge in [-0.1, -0.05) is 18.2 Å². The minimum Gasteiger partial charge on any atom is -0.284 e. The molecule has 1 N–H and O–H groups in total. The zero-order valence-electron chi connectivity index (χ0n) is 6.54. The van der Waals surface area contributed by atoms with Crippen LogP contribution in [-0.4, -0.2) is 10.2 Å². The Hall–Kier alpha value is -1.57. The fraction of sp³-hybridized carbons (Fsp3) is 0.100. The van der Waals surface area contributed by atoms with E-state index in [0.717, 1.165) is 11.9 Å². The zero-order valence-corrected chi connectivity index (χ0v) is 6.54. The molecule has 1 aromatic carbocycles. The number of rotatable bonds is 0. The largest absolute Gasteiger partial charge is 0.284 e. The fourth-order valence-electron chi connectivity index (χ4n) is 1.76. The summed E-state index contributed by atoms with van der Waals surface area (Å²) in [5.41, 5.74) is 3.80. The van der Waals surface area contributed by atoms with Crippen LogP contribution in [0.15, 0.2) is 24.4 Å². The molecule has 0 spiro atoms. The van der Waals surface area contributed by atoms with Crippen molar-refractivity contribution in [3.05, 3.63) is 35.5 Å². The summed E-state index contributed by atoms with van der Waals surface area (Å²) >= 11 is 0. The molecule has 0 radical (unpaired) electrons. The van der Waals surface area contributed by atoms with Crippen molar-refractivity contribution in [1.82, 2.24) is 10.2 Å². The highest BCUT2D eigenvalue weighted by atomic mass is 15.1. The molecule has 0 atom stereocenters. The van der Waals surface area contributed by atoms with Gasteiger partial charge in [0.25, 0.3) is 0 Å². The van der Waals surface area contributed by atoms with Crippen LogP contribution in [0.25, 0.3) is 17.0 Å². The third kappa shape index (κ3) is 0.619. The first-order valence-corrected chi connectivity index (χ1v) is 4.07. The van der Waals surface area contributed by atoms with Crippen LogP contribution < -0.4 is 0 Å². The molecule has 0 aliphatic heterocycles. The van der Waals surface area contributed by atoms with Crippen LogP contribution in [0, 0.1) is 0 Å². The Morgan fingerprint density at radius 3 is 3.33 bits per heavy atom. The summed E-state index contributed by atoms with van der Waals surface area (Å²) in [6.07, 6.45) is 7.39. The molecule has 1 aromatic heterocycles. The van der Waals surface area contributed by atoms with Crippen molar-refractivity contribution in [3.63, 3.8) is 0 Å². The van der Waals surface area contributed by atoms with E-state index in [9.17, 15) is 0 Å². The number of nitrogens with one attached hydrogen (secondary N) is 1. The van der Waals surface area contributed by atoms with Crippen molar-refractivity contribution < 1.29 is 0 Å². The Morgan fingerprint density at radius 1 is 1.33 bits per heavy atom. The molecule has 0 saturated carbocycles. The zero-order chi connectivity index (χ0) is 7.97. The number of fused-ring (bicyclic) bond motifs is 3. The molecule has 2 aromatic rings. The average Bonchev–Trinajstić information content (AvgIpc) is 2.71. The van der Waals surface area contributed by atoms with Crippen molar-refractivity contribution >= 4 is 17.0 Å². The Labute approximate surface area is 69.9 Å². The smallest absolute Gasteiger partial charge is 0.0927 e. The number of benzene rings is 1. The third-order valence-corrected chi connectivity index (χ3v) is 2.37. The molecule has 12 heavy (non-hydrogen) atoms. The minimum atomic E-state index is 1.06. The van der Waals surface area contributed by atoms with Gasteiger partial charge in [-0.15, -0.1) is 0 Å². The summed E-state index contributed by atoms with van der Waals surface area (Å²) in [5.74, 6) is 0. The lowest BCUT2D eigenvalue weighted by Crippen LogP contribution is -1.80. The molecule has 3 rings (SSSR count). The van der Waals surface area contributed by atoms with E-state index in [1.165, 1.54) is 16.5 Å². The van der Waals surface area contributed by atoms with Crippen LogP contribution in [0.1, 0.15) is 11.1 Å². The van der Waals surface area contributed by atoms with E-state index in [2.05, 4.69) is 34.5 Å². The molecule has 1 aliphatic rings. The van der Waals surface area contributed by atoms with Gasteiger partial charge in [-0.3, -0.25) is 5.10 Å². The van der Waals surface area contributed by atoms with Crippen LogP contribution >= 0.6 is 0 Å². The van der Waals surface area contributed by atoms with Gasteiger partial charge in [-0.25, -0.2) is 0 Å². The standard InChI is InChI=1S/C10H8N2/c1-2-7-4-5-10-9(6-11-12-10)8(7)3-1/h1,3-6H,2H2,(H,11,12). The monoisotopic (exact) mass is 156 g/mol. The van der Waals surface area contributed by atoms with Crippen molar-refractivity contribution in [2.75, 3.05) is 0 Å². The van der Waals surface area contributed by atoms with Gasteiger partial charge in [0.15, 0.2) is 0 Å². The molecule has 0 fully saturated rings. The van der Waals surface area contributed by atoms with Gasteiger partial charge in [0, 0.05) is 11.6 Å². The van der Waals surface area contributed by atoms with Gasteiger partial charge in [0.05, 0.1) is 5.52 Å². The van der Waals surface area contributed by atoms with E-state index >= 15 is 0 Å². The number of aromatic amines is 1. The first-order valence-electron chi connectivity index (χ1n) is 4.07. The lowest BCUT2D eigenvalue weighted by Gasteiger charge is -1.97. The predicted molar refractivity (Wildman–Crippen MR) is 48.8 cm³/mol. The number of allylic oxidation sites excluding steroid dienone is 1. The van der Waals surface area contributed by atoms with E-state index < -0.39 is 0 Å². The summed E-state index contributed by atoms with van der Waals surface area (Å²) in [5, 5.41) is 8.26. The number of hydrogen-bond donors (Lipinski definition) is 1. The van der Waals surface area contributed by atoms with Crippen molar-refractivity contribution in [2.45, 2.75) is 6.42 Å². The Balaban J connectivity index is 2.52. The Morgan fingerprint density at radius 2 is 2.33 bits per heavy atom. The normalized spacial score (nSPS) is 14.0. The molecule has 0 bridgehead atoms. The lowest BCUT2D eigenvalue weighted by molar-refractivity contribution is 1.12. The van der Waals surface area contributed by atoms with E-state index in [0.29, 0.717) is 0 Å². The van der Waals surface area contributed by atoms with E-state index in [1.54, 1.807) is 0 Å². The van der Waals surface area contributed by atoms with Gasteiger partial charge in [-0.2, -0.15) is 5.10 Å².